The number of rotatable bonds is 3. The van der Waals surface area contributed by atoms with E-state index in [2.05, 4.69) is 28.5 Å². The Balaban J connectivity index is 2.47. The Kier molecular flexibility index (Phi) is 3.24. The lowest BCUT2D eigenvalue weighted by atomic mass is 9.97. The molecule has 0 bridgehead atoms. The van der Waals surface area contributed by atoms with Crippen LogP contribution in [0.15, 0.2) is 24.7 Å². The fourth-order valence-corrected chi connectivity index (χ4v) is 2.16. The van der Waals surface area contributed by atoms with Gasteiger partial charge in [0.2, 0.25) is 0 Å². The first kappa shape index (κ1) is 11.8. The van der Waals surface area contributed by atoms with E-state index in [1.807, 2.05) is 44.2 Å². The minimum absolute atomic E-state index is 0.150. The summed E-state index contributed by atoms with van der Waals surface area (Å²) in [4.78, 5) is 4.21. The minimum atomic E-state index is 0.150. The summed E-state index contributed by atoms with van der Waals surface area (Å²) >= 11 is 0. The number of nitrogens with zero attached hydrogens (tertiary/aromatic N) is 3. The molecule has 2 rings (SSSR count). The highest BCUT2D eigenvalue weighted by Crippen LogP contribution is 2.25. The van der Waals surface area contributed by atoms with E-state index in [4.69, 9.17) is 0 Å². The number of hydrogen-bond acceptors (Lipinski definition) is 3. The molecule has 1 unspecified atom stereocenters. The predicted molar refractivity (Wildman–Crippen MR) is 67.8 cm³/mol. The molecule has 1 N–H and O–H groups in total. The van der Waals surface area contributed by atoms with Crippen molar-refractivity contribution in [3.05, 3.63) is 47.0 Å². The van der Waals surface area contributed by atoms with Gasteiger partial charge in [0.05, 0.1) is 11.7 Å². The Morgan fingerprint density at radius 3 is 2.59 bits per heavy atom. The highest BCUT2D eigenvalue weighted by Gasteiger charge is 2.18. The van der Waals surface area contributed by atoms with E-state index in [1.165, 1.54) is 16.7 Å². The molecule has 2 aromatic heterocycles. The molecule has 0 amide bonds. The lowest BCUT2D eigenvalue weighted by Gasteiger charge is -2.17. The van der Waals surface area contributed by atoms with Crippen LogP contribution in [0.2, 0.25) is 0 Å². The third-order valence-corrected chi connectivity index (χ3v) is 3.04. The van der Waals surface area contributed by atoms with Crippen molar-refractivity contribution in [2.75, 3.05) is 7.05 Å². The second kappa shape index (κ2) is 4.67. The van der Waals surface area contributed by atoms with Crippen LogP contribution in [-0.2, 0) is 7.05 Å². The van der Waals surface area contributed by atoms with Gasteiger partial charge in [-0.3, -0.25) is 9.67 Å². The average Bonchev–Trinajstić information content (AvgIpc) is 2.62. The van der Waals surface area contributed by atoms with Gasteiger partial charge in [-0.05, 0) is 38.1 Å². The molecule has 17 heavy (non-hydrogen) atoms. The molecular formula is C13H18N4. The summed E-state index contributed by atoms with van der Waals surface area (Å²) in [6.07, 6.45) is 5.80. The van der Waals surface area contributed by atoms with Gasteiger partial charge in [0.15, 0.2) is 0 Å². The fraction of sp³-hybridized carbons (Fsp3) is 0.385. The van der Waals surface area contributed by atoms with Crippen LogP contribution < -0.4 is 5.32 Å². The monoisotopic (exact) mass is 230 g/mol. The second-order valence-electron chi connectivity index (χ2n) is 4.30. The molecule has 0 saturated heterocycles. The summed E-state index contributed by atoms with van der Waals surface area (Å²) in [6.45, 7) is 4.14. The molecule has 0 fully saturated rings. The summed E-state index contributed by atoms with van der Waals surface area (Å²) in [6, 6.07) is 2.18. The minimum Gasteiger partial charge on any atom is -0.309 e. The third kappa shape index (κ3) is 2.22. The maximum Gasteiger partial charge on any atom is 0.0644 e. The summed E-state index contributed by atoms with van der Waals surface area (Å²) in [7, 11) is 3.91. The van der Waals surface area contributed by atoms with Crippen LogP contribution in [0.4, 0.5) is 0 Å². The van der Waals surface area contributed by atoms with Crippen molar-refractivity contribution in [1.82, 2.24) is 20.1 Å². The first-order valence-electron chi connectivity index (χ1n) is 5.71. The molecule has 0 spiro atoms. The van der Waals surface area contributed by atoms with Crippen molar-refractivity contribution >= 4 is 0 Å². The van der Waals surface area contributed by atoms with Gasteiger partial charge in [-0.25, -0.2) is 0 Å². The molecule has 0 saturated carbocycles. The molecule has 0 aliphatic heterocycles. The molecule has 2 aromatic rings. The van der Waals surface area contributed by atoms with Crippen molar-refractivity contribution in [1.29, 1.82) is 0 Å². The van der Waals surface area contributed by atoms with Gasteiger partial charge in [0, 0.05) is 31.2 Å². The van der Waals surface area contributed by atoms with E-state index in [1.54, 1.807) is 0 Å². The van der Waals surface area contributed by atoms with Crippen molar-refractivity contribution in [2.24, 2.45) is 7.05 Å². The normalized spacial score (nSPS) is 12.7. The largest absolute Gasteiger partial charge is 0.309 e. The zero-order valence-electron chi connectivity index (χ0n) is 10.7. The van der Waals surface area contributed by atoms with Crippen LogP contribution >= 0.6 is 0 Å². The second-order valence-corrected chi connectivity index (χ2v) is 4.30. The predicted octanol–water partition coefficient (Wildman–Crippen LogP) is 1.74. The van der Waals surface area contributed by atoms with Gasteiger partial charge in [0.25, 0.3) is 0 Å². The van der Waals surface area contributed by atoms with Crippen LogP contribution in [0.5, 0.6) is 0 Å². The Hall–Kier alpha value is -1.68. The molecule has 0 radical (unpaired) electrons. The van der Waals surface area contributed by atoms with Crippen molar-refractivity contribution in [2.45, 2.75) is 19.9 Å². The number of pyridine rings is 1. The van der Waals surface area contributed by atoms with Gasteiger partial charge in [-0.15, -0.1) is 0 Å². The fourth-order valence-electron chi connectivity index (χ4n) is 2.16. The topological polar surface area (TPSA) is 42.7 Å². The third-order valence-electron chi connectivity index (χ3n) is 3.04. The van der Waals surface area contributed by atoms with E-state index in [0.29, 0.717) is 0 Å². The SMILES string of the molecule is CNC(c1cnccc1C)c1cn(C)nc1C. The summed E-state index contributed by atoms with van der Waals surface area (Å²) in [5.41, 5.74) is 4.69. The molecule has 0 aromatic carbocycles. The molecule has 4 heteroatoms. The van der Waals surface area contributed by atoms with Crippen LogP contribution in [-0.4, -0.2) is 21.8 Å². The zero-order valence-corrected chi connectivity index (χ0v) is 10.7. The zero-order chi connectivity index (χ0) is 12.4. The van der Waals surface area contributed by atoms with Crippen LogP contribution in [0.25, 0.3) is 0 Å². The van der Waals surface area contributed by atoms with E-state index < -0.39 is 0 Å². The van der Waals surface area contributed by atoms with E-state index in [0.717, 1.165) is 5.69 Å². The molecule has 4 nitrogen and oxygen atoms in total. The molecule has 90 valence electrons. The smallest absolute Gasteiger partial charge is 0.0644 e. The van der Waals surface area contributed by atoms with Gasteiger partial charge in [-0.2, -0.15) is 5.10 Å². The van der Waals surface area contributed by atoms with Crippen LogP contribution in [0, 0.1) is 13.8 Å². The first-order valence-corrected chi connectivity index (χ1v) is 5.71. The summed E-state index contributed by atoms with van der Waals surface area (Å²) < 4.78 is 1.85. The molecule has 0 aliphatic rings. The van der Waals surface area contributed by atoms with E-state index >= 15 is 0 Å². The summed E-state index contributed by atoms with van der Waals surface area (Å²) in [5.74, 6) is 0. The lowest BCUT2D eigenvalue weighted by molar-refractivity contribution is 0.679. The first-order chi connectivity index (χ1) is 8.13. The quantitative estimate of drug-likeness (QED) is 0.873. The highest BCUT2D eigenvalue weighted by molar-refractivity contribution is 5.35. The van der Waals surface area contributed by atoms with Gasteiger partial charge in [0.1, 0.15) is 0 Å². The molecular weight excluding hydrogens is 212 g/mol. The highest BCUT2D eigenvalue weighted by atomic mass is 15.3. The van der Waals surface area contributed by atoms with Crippen molar-refractivity contribution in [3.8, 4) is 0 Å². The maximum absolute atomic E-state index is 4.39. The summed E-state index contributed by atoms with van der Waals surface area (Å²) in [5, 5.41) is 7.73. The molecule has 0 aliphatic carbocycles. The Bertz CT molecular complexity index is 516. The molecule has 2 heterocycles. The van der Waals surface area contributed by atoms with Crippen molar-refractivity contribution in [3.63, 3.8) is 0 Å². The van der Waals surface area contributed by atoms with Gasteiger partial charge >= 0.3 is 0 Å². The number of nitrogens with one attached hydrogen (secondary N) is 1. The number of aryl methyl sites for hydroxylation is 3. The molecule has 1 atom stereocenters. The van der Waals surface area contributed by atoms with Crippen molar-refractivity contribution < 1.29 is 0 Å². The van der Waals surface area contributed by atoms with Crippen LogP contribution in [0.1, 0.15) is 28.4 Å². The number of hydrogen-bond donors (Lipinski definition) is 1. The average molecular weight is 230 g/mol. The Morgan fingerprint density at radius 2 is 2.06 bits per heavy atom. The standard InChI is InChI=1S/C13H18N4/c1-9-5-6-15-7-11(9)13(14-3)12-8-17(4)16-10(12)2/h5-8,13-14H,1-4H3. The van der Waals surface area contributed by atoms with Gasteiger partial charge in [-0.1, -0.05) is 0 Å². The van der Waals surface area contributed by atoms with Gasteiger partial charge < -0.3 is 5.32 Å². The Morgan fingerprint density at radius 1 is 1.29 bits per heavy atom. The van der Waals surface area contributed by atoms with E-state index in [-0.39, 0.29) is 6.04 Å². The Labute approximate surface area is 102 Å². The maximum atomic E-state index is 4.39. The number of aromatic nitrogens is 3. The van der Waals surface area contributed by atoms with Crippen LogP contribution in [0.3, 0.4) is 0 Å². The van der Waals surface area contributed by atoms with E-state index in [9.17, 15) is 0 Å². The lowest BCUT2D eigenvalue weighted by Crippen LogP contribution is -2.19.